The van der Waals surface area contributed by atoms with Crippen LogP contribution >= 0.6 is 11.3 Å². The molecule has 0 saturated heterocycles. The van der Waals surface area contributed by atoms with Gasteiger partial charge in [0.25, 0.3) is 0 Å². The fourth-order valence-corrected chi connectivity index (χ4v) is 4.37. The molecule has 0 fully saturated rings. The van der Waals surface area contributed by atoms with Crippen LogP contribution in [0.5, 0.6) is 5.75 Å². The molecule has 0 spiro atoms. The first-order valence-electron chi connectivity index (χ1n) is 10.4. The molecule has 7 heteroatoms. The molecular formula is C24H28FN3O2S. The van der Waals surface area contributed by atoms with Gasteiger partial charge >= 0.3 is 0 Å². The Balaban J connectivity index is 1.65. The van der Waals surface area contributed by atoms with Gasteiger partial charge in [-0.25, -0.2) is 9.37 Å². The molecule has 0 saturated carbocycles. The van der Waals surface area contributed by atoms with E-state index in [9.17, 15) is 9.18 Å². The highest BCUT2D eigenvalue weighted by atomic mass is 32.1. The monoisotopic (exact) mass is 441 g/mol. The van der Waals surface area contributed by atoms with Crippen molar-refractivity contribution in [3.8, 4) is 16.3 Å². The van der Waals surface area contributed by atoms with Crippen molar-refractivity contribution in [2.24, 2.45) is 0 Å². The average Bonchev–Trinajstić information content (AvgIpc) is 3.25. The lowest BCUT2D eigenvalue weighted by Crippen LogP contribution is -2.38. The summed E-state index contributed by atoms with van der Waals surface area (Å²) in [6, 6.07) is 14.3. The van der Waals surface area contributed by atoms with E-state index in [1.54, 1.807) is 13.2 Å². The number of carbonyl (C=O) groups excluding carboxylic acids is 1. The van der Waals surface area contributed by atoms with Crippen LogP contribution in [0.25, 0.3) is 10.6 Å². The Kier molecular flexibility index (Phi) is 8.14. The minimum atomic E-state index is -0.299. The van der Waals surface area contributed by atoms with Crippen LogP contribution in [0.3, 0.4) is 0 Å². The van der Waals surface area contributed by atoms with Crippen molar-refractivity contribution in [1.82, 2.24) is 15.2 Å². The second-order valence-corrected chi connectivity index (χ2v) is 8.01. The summed E-state index contributed by atoms with van der Waals surface area (Å²) < 4.78 is 18.8. The topological polar surface area (TPSA) is 54.5 Å². The summed E-state index contributed by atoms with van der Waals surface area (Å²) in [7, 11) is 1.65. The van der Waals surface area contributed by atoms with Gasteiger partial charge in [-0.1, -0.05) is 38.1 Å². The highest BCUT2D eigenvalue weighted by Crippen LogP contribution is 2.25. The maximum atomic E-state index is 13.5. The predicted octanol–water partition coefficient (Wildman–Crippen LogP) is 4.70. The van der Waals surface area contributed by atoms with E-state index in [1.165, 1.54) is 23.5 Å². The van der Waals surface area contributed by atoms with Gasteiger partial charge < -0.3 is 10.1 Å². The molecule has 1 aromatic heterocycles. The Morgan fingerprint density at radius 2 is 1.97 bits per heavy atom. The number of likely N-dealkylation sites (N-methyl/N-ethyl adjacent to an activating group) is 1. The average molecular weight is 442 g/mol. The van der Waals surface area contributed by atoms with E-state index in [4.69, 9.17) is 4.74 Å². The van der Waals surface area contributed by atoms with Gasteiger partial charge in [0.05, 0.1) is 25.3 Å². The molecule has 0 aliphatic heterocycles. The summed E-state index contributed by atoms with van der Waals surface area (Å²) in [6.45, 7) is 6.46. The second-order valence-electron chi connectivity index (χ2n) is 7.15. The maximum Gasteiger partial charge on any atom is 0.226 e. The molecule has 3 rings (SSSR count). The van der Waals surface area contributed by atoms with Crippen LogP contribution in [-0.4, -0.2) is 42.5 Å². The Morgan fingerprint density at radius 1 is 1.19 bits per heavy atom. The van der Waals surface area contributed by atoms with Crippen molar-refractivity contribution in [1.29, 1.82) is 0 Å². The number of aromatic nitrogens is 1. The van der Waals surface area contributed by atoms with Crippen LogP contribution in [0.4, 0.5) is 4.39 Å². The molecule has 1 unspecified atom stereocenters. The molecule has 5 nitrogen and oxygen atoms in total. The number of halogens is 1. The van der Waals surface area contributed by atoms with Crippen LogP contribution in [0, 0.1) is 5.82 Å². The highest BCUT2D eigenvalue weighted by Gasteiger charge is 2.20. The van der Waals surface area contributed by atoms with Crippen LogP contribution < -0.4 is 10.1 Å². The third-order valence-electron chi connectivity index (χ3n) is 5.19. The zero-order chi connectivity index (χ0) is 22.2. The second kappa shape index (κ2) is 11.0. The van der Waals surface area contributed by atoms with Crippen LogP contribution in [0.1, 0.15) is 31.1 Å². The largest absolute Gasteiger partial charge is 0.497 e. The van der Waals surface area contributed by atoms with Gasteiger partial charge in [0.2, 0.25) is 5.91 Å². The summed E-state index contributed by atoms with van der Waals surface area (Å²) >= 11 is 1.41. The van der Waals surface area contributed by atoms with E-state index in [-0.39, 0.29) is 24.2 Å². The first-order chi connectivity index (χ1) is 15.0. The number of benzene rings is 2. The van der Waals surface area contributed by atoms with Crippen LogP contribution in [0.15, 0.2) is 53.9 Å². The molecule has 1 amide bonds. The Morgan fingerprint density at radius 3 is 2.68 bits per heavy atom. The summed E-state index contributed by atoms with van der Waals surface area (Å²) in [5.41, 5.74) is 2.50. The summed E-state index contributed by atoms with van der Waals surface area (Å²) in [4.78, 5) is 19.4. The molecule has 3 aromatic rings. The van der Waals surface area contributed by atoms with Gasteiger partial charge in [0.1, 0.15) is 16.6 Å². The number of methoxy groups -OCH3 is 1. The van der Waals surface area contributed by atoms with Crippen LogP contribution in [0.2, 0.25) is 0 Å². The molecule has 164 valence electrons. The minimum absolute atomic E-state index is 0.0485. The first kappa shape index (κ1) is 22.9. The Bertz CT molecular complexity index is 1000. The van der Waals surface area contributed by atoms with Gasteiger partial charge in [-0.2, -0.15) is 0 Å². The summed E-state index contributed by atoms with van der Waals surface area (Å²) in [5, 5.41) is 5.62. The quantitative estimate of drug-likeness (QED) is 0.496. The molecule has 1 N–H and O–H groups in total. The SMILES string of the molecule is CCN(CC)C(CNC(=O)Cc1csc(-c2cccc(F)c2)n1)c1cccc(OC)c1. The van der Waals surface area contributed by atoms with Gasteiger partial charge in [-0.05, 0) is 42.9 Å². The number of hydrogen-bond acceptors (Lipinski definition) is 5. The molecule has 2 aromatic carbocycles. The lowest BCUT2D eigenvalue weighted by Gasteiger charge is -2.30. The number of nitrogens with one attached hydrogen (secondary N) is 1. The normalized spacial score (nSPS) is 12.0. The lowest BCUT2D eigenvalue weighted by molar-refractivity contribution is -0.120. The number of nitrogens with zero attached hydrogens (tertiary/aromatic N) is 2. The molecule has 1 atom stereocenters. The summed E-state index contributed by atoms with van der Waals surface area (Å²) in [5.74, 6) is 0.413. The number of rotatable bonds is 10. The number of thiazole rings is 1. The van der Waals surface area contributed by atoms with Crippen molar-refractivity contribution < 1.29 is 13.9 Å². The maximum absolute atomic E-state index is 13.5. The Hall–Kier alpha value is -2.77. The van der Waals surface area contributed by atoms with E-state index in [2.05, 4.69) is 35.1 Å². The molecular weight excluding hydrogens is 413 g/mol. The molecule has 31 heavy (non-hydrogen) atoms. The fourth-order valence-electron chi connectivity index (χ4n) is 3.55. The highest BCUT2D eigenvalue weighted by molar-refractivity contribution is 7.13. The third-order valence-corrected chi connectivity index (χ3v) is 6.13. The first-order valence-corrected chi connectivity index (χ1v) is 11.3. The van der Waals surface area contributed by atoms with E-state index in [1.807, 2.05) is 29.6 Å². The number of carbonyl (C=O) groups is 1. The fraction of sp³-hybridized carbons (Fsp3) is 0.333. The smallest absolute Gasteiger partial charge is 0.226 e. The molecule has 0 aliphatic rings. The van der Waals surface area contributed by atoms with Crippen molar-refractivity contribution in [3.63, 3.8) is 0 Å². The molecule has 0 aliphatic carbocycles. The number of amides is 1. The molecule has 0 radical (unpaired) electrons. The van der Waals surface area contributed by atoms with E-state index in [0.29, 0.717) is 17.2 Å². The van der Waals surface area contributed by atoms with Crippen molar-refractivity contribution in [2.45, 2.75) is 26.3 Å². The number of ether oxygens (including phenoxy) is 1. The van der Waals surface area contributed by atoms with Crippen molar-refractivity contribution in [3.05, 3.63) is 71.0 Å². The Labute approximate surface area is 186 Å². The lowest BCUT2D eigenvalue weighted by atomic mass is 10.0. The van der Waals surface area contributed by atoms with Gasteiger partial charge in [-0.15, -0.1) is 11.3 Å². The van der Waals surface area contributed by atoms with Crippen LogP contribution in [-0.2, 0) is 11.2 Å². The summed E-state index contributed by atoms with van der Waals surface area (Å²) in [6.07, 6.45) is 0.189. The molecule has 1 heterocycles. The van der Waals surface area contributed by atoms with E-state index >= 15 is 0 Å². The van der Waals surface area contributed by atoms with E-state index < -0.39 is 0 Å². The number of hydrogen-bond donors (Lipinski definition) is 1. The van der Waals surface area contributed by atoms with Crippen molar-refractivity contribution >= 4 is 17.2 Å². The van der Waals surface area contributed by atoms with Gasteiger partial charge in [0, 0.05) is 17.5 Å². The van der Waals surface area contributed by atoms with Gasteiger partial charge in [-0.3, -0.25) is 9.69 Å². The zero-order valence-corrected chi connectivity index (χ0v) is 18.9. The zero-order valence-electron chi connectivity index (χ0n) is 18.1. The van der Waals surface area contributed by atoms with Crippen molar-refractivity contribution in [2.75, 3.05) is 26.7 Å². The predicted molar refractivity (Wildman–Crippen MR) is 123 cm³/mol. The standard InChI is InChI=1S/C24H28FN3O2S/c1-4-28(5-2)22(17-8-7-11-21(13-17)30-3)15-26-23(29)14-20-16-31-24(27-20)18-9-6-10-19(25)12-18/h6-13,16,22H,4-5,14-15H2,1-3H3,(H,26,29). The van der Waals surface area contributed by atoms with E-state index in [0.717, 1.165) is 30.0 Å². The molecule has 0 bridgehead atoms. The third kappa shape index (κ3) is 6.12. The minimum Gasteiger partial charge on any atom is -0.497 e. The van der Waals surface area contributed by atoms with Gasteiger partial charge in [0.15, 0.2) is 0 Å².